The summed E-state index contributed by atoms with van der Waals surface area (Å²) in [5, 5.41) is 8.60. The molecule has 10 aromatic rings. The normalized spacial score (nSPS) is 13.1. The van der Waals surface area contributed by atoms with E-state index in [1.807, 2.05) is 0 Å². The molecule has 0 radical (unpaired) electrons. The summed E-state index contributed by atoms with van der Waals surface area (Å²) in [6, 6.07) is 65.1. The van der Waals surface area contributed by atoms with E-state index in [-0.39, 0.29) is 5.41 Å². The van der Waals surface area contributed by atoms with Gasteiger partial charge in [0.15, 0.2) is 0 Å². The zero-order chi connectivity index (χ0) is 36.0. The largest absolute Gasteiger partial charge is 0.236 e. The van der Waals surface area contributed by atoms with Crippen molar-refractivity contribution in [2.45, 2.75) is 19.3 Å². The van der Waals surface area contributed by atoms with Crippen LogP contribution in [0.25, 0.3) is 97.6 Å². The Balaban J connectivity index is 1.20. The number of para-hydroxylation sites is 1. The van der Waals surface area contributed by atoms with Gasteiger partial charge >= 0.3 is 0 Å². The van der Waals surface area contributed by atoms with Gasteiger partial charge in [-0.2, -0.15) is 0 Å². The highest BCUT2D eigenvalue weighted by Crippen LogP contribution is 2.54. The molecule has 11 rings (SSSR count). The Bertz CT molecular complexity index is 3090. The zero-order valence-corrected chi connectivity index (χ0v) is 30.9. The van der Waals surface area contributed by atoms with E-state index in [1.165, 1.54) is 92.7 Å². The lowest BCUT2D eigenvalue weighted by Gasteiger charge is -2.23. The second-order valence-corrected chi connectivity index (χ2v) is 16.1. The Kier molecular flexibility index (Phi) is 6.84. The molecule has 0 atom stereocenters. The number of nitrogens with zero attached hydrogens (tertiary/aromatic N) is 1. The van der Waals surface area contributed by atoms with Gasteiger partial charge in [-0.05, 0) is 112 Å². The number of fused-ring (bicyclic) bond motifs is 7. The predicted molar refractivity (Wildman–Crippen MR) is 231 cm³/mol. The molecule has 0 unspecified atom stereocenters. The Hall–Kier alpha value is -6.35. The smallest absolute Gasteiger partial charge is 0.124 e. The van der Waals surface area contributed by atoms with E-state index >= 15 is 0 Å². The van der Waals surface area contributed by atoms with E-state index in [9.17, 15) is 0 Å². The van der Waals surface area contributed by atoms with Gasteiger partial charge in [-0.3, -0.25) is 0 Å². The molecule has 54 heavy (non-hydrogen) atoms. The zero-order valence-electron chi connectivity index (χ0n) is 30.1. The van der Waals surface area contributed by atoms with Crippen LogP contribution in [0.5, 0.6) is 0 Å². The van der Waals surface area contributed by atoms with Crippen molar-refractivity contribution in [2.75, 3.05) is 0 Å². The van der Waals surface area contributed by atoms with Crippen molar-refractivity contribution in [2.24, 2.45) is 0 Å². The highest BCUT2D eigenvalue weighted by molar-refractivity contribution is 7.21. The molecule has 0 N–H and O–H groups in total. The van der Waals surface area contributed by atoms with Gasteiger partial charge in [0.2, 0.25) is 0 Å². The van der Waals surface area contributed by atoms with E-state index in [2.05, 4.69) is 190 Å². The molecule has 0 spiro atoms. The van der Waals surface area contributed by atoms with E-state index in [0.29, 0.717) is 0 Å². The summed E-state index contributed by atoms with van der Waals surface area (Å²) in [6.07, 6.45) is 0. The Labute approximate surface area is 318 Å². The summed E-state index contributed by atoms with van der Waals surface area (Å²) in [4.78, 5) is 4.96. The molecule has 1 aromatic heterocycles. The lowest BCUT2D eigenvalue weighted by Crippen LogP contribution is -2.14. The number of hydrogen-bond acceptors (Lipinski definition) is 2. The summed E-state index contributed by atoms with van der Waals surface area (Å²) in [7, 11) is 0. The first-order chi connectivity index (χ1) is 26.5. The van der Waals surface area contributed by atoms with Gasteiger partial charge in [0.25, 0.3) is 0 Å². The molecule has 1 heterocycles. The van der Waals surface area contributed by atoms with Crippen LogP contribution >= 0.6 is 11.3 Å². The number of aromatic nitrogens is 1. The summed E-state index contributed by atoms with van der Waals surface area (Å²) in [6.45, 7) is 4.74. The minimum absolute atomic E-state index is 0.0885. The highest BCUT2D eigenvalue weighted by atomic mass is 32.1. The summed E-state index contributed by atoms with van der Waals surface area (Å²) >= 11 is 1.75. The highest BCUT2D eigenvalue weighted by Gasteiger charge is 2.37. The molecule has 9 aromatic carbocycles. The first kappa shape index (κ1) is 31.2. The van der Waals surface area contributed by atoms with Crippen molar-refractivity contribution in [1.29, 1.82) is 0 Å². The molecule has 0 saturated carbocycles. The van der Waals surface area contributed by atoms with Crippen molar-refractivity contribution in [3.8, 4) is 55.1 Å². The topological polar surface area (TPSA) is 12.9 Å². The molecule has 1 nitrogen and oxygen atoms in total. The third kappa shape index (κ3) is 4.67. The fourth-order valence-electron chi connectivity index (χ4n) is 9.07. The van der Waals surface area contributed by atoms with Crippen LogP contribution in [-0.4, -0.2) is 4.98 Å². The maximum absolute atomic E-state index is 4.96. The summed E-state index contributed by atoms with van der Waals surface area (Å²) in [5.74, 6) is 0. The van der Waals surface area contributed by atoms with Crippen LogP contribution in [0.4, 0.5) is 0 Å². The van der Waals surface area contributed by atoms with E-state index < -0.39 is 0 Å². The number of benzene rings is 9. The van der Waals surface area contributed by atoms with Crippen LogP contribution in [-0.2, 0) is 5.41 Å². The lowest BCUT2D eigenvalue weighted by atomic mass is 9.80. The summed E-state index contributed by atoms with van der Waals surface area (Å²) < 4.78 is 1.21. The van der Waals surface area contributed by atoms with Gasteiger partial charge < -0.3 is 0 Å². The van der Waals surface area contributed by atoms with Gasteiger partial charge in [-0.1, -0.05) is 166 Å². The fourth-order valence-corrected chi connectivity index (χ4v) is 10.0. The van der Waals surface area contributed by atoms with E-state index in [1.54, 1.807) is 11.3 Å². The minimum Gasteiger partial charge on any atom is -0.236 e. The first-order valence-electron chi connectivity index (χ1n) is 18.7. The average Bonchev–Trinajstić information content (AvgIpc) is 3.76. The van der Waals surface area contributed by atoms with E-state index in [4.69, 9.17) is 4.98 Å². The first-order valence-corrected chi connectivity index (χ1v) is 19.5. The molecule has 0 amide bonds. The molecule has 0 bridgehead atoms. The molecule has 1 aliphatic rings. The van der Waals surface area contributed by atoms with Crippen LogP contribution in [0, 0.1) is 0 Å². The van der Waals surface area contributed by atoms with Crippen LogP contribution in [0.3, 0.4) is 0 Å². The van der Waals surface area contributed by atoms with Gasteiger partial charge in [-0.15, -0.1) is 11.3 Å². The van der Waals surface area contributed by atoms with Crippen molar-refractivity contribution in [3.63, 3.8) is 0 Å². The SMILES string of the molecule is CC1(C)c2ccccc2-c2c(-c3c4ccccc4c(-c4ccc(-c5nc6ccccc6s5)cc4)c4ccc(-c5ccc6ccccc6c5)cc34)cccc21. The minimum atomic E-state index is -0.0885. The van der Waals surface area contributed by atoms with Crippen molar-refractivity contribution in [3.05, 3.63) is 187 Å². The molecule has 1 aliphatic carbocycles. The standard InChI is InChI=1S/C52H35NS/c1-52(2)44-18-8-7-16-41(44)50-42(17-11-19-45(50)52)49-39-15-6-5-14-38(39)48(33-23-25-34(26-24-33)51-53-46-20-9-10-21-47(46)54-51)40-29-28-37(31-43(40)49)36-27-22-32-12-3-4-13-35(32)30-36/h3-31H,1-2H3. The summed E-state index contributed by atoms with van der Waals surface area (Å²) in [5.41, 5.74) is 15.1. The molecule has 2 heteroatoms. The van der Waals surface area contributed by atoms with Crippen molar-refractivity contribution < 1.29 is 0 Å². The Morgan fingerprint density at radius 2 is 1.02 bits per heavy atom. The number of hydrogen-bond donors (Lipinski definition) is 0. The molecule has 254 valence electrons. The van der Waals surface area contributed by atoms with Crippen LogP contribution in [0.15, 0.2) is 176 Å². The van der Waals surface area contributed by atoms with Gasteiger partial charge in [0.05, 0.1) is 10.2 Å². The maximum Gasteiger partial charge on any atom is 0.124 e. The lowest BCUT2D eigenvalue weighted by molar-refractivity contribution is 0.660. The monoisotopic (exact) mass is 705 g/mol. The average molecular weight is 706 g/mol. The predicted octanol–water partition coefficient (Wildman–Crippen LogP) is 14.7. The van der Waals surface area contributed by atoms with Gasteiger partial charge in [0.1, 0.15) is 5.01 Å². The quantitative estimate of drug-likeness (QED) is 0.166. The van der Waals surface area contributed by atoms with Crippen molar-refractivity contribution >= 4 is 53.9 Å². The van der Waals surface area contributed by atoms with Gasteiger partial charge in [-0.25, -0.2) is 4.98 Å². The molecule has 0 fully saturated rings. The van der Waals surface area contributed by atoms with Crippen LogP contribution in [0.1, 0.15) is 25.0 Å². The number of rotatable bonds is 4. The Morgan fingerprint density at radius 1 is 0.407 bits per heavy atom. The maximum atomic E-state index is 4.96. The second kappa shape index (κ2) is 11.8. The molecule has 0 aliphatic heterocycles. The number of thiazole rings is 1. The third-order valence-corrected chi connectivity index (χ3v) is 12.8. The third-order valence-electron chi connectivity index (χ3n) is 11.7. The molecular weight excluding hydrogens is 671 g/mol. The van der Waals surface area contributed by atoms with Crippen LogP contribution in [0.2, 0.25) is 0 Å². The Morgan fingerprint density at radius 3 is 1.87 bits per heavy atom. The molecule has 0 saturated heterocycles. The van der Waals surface area contributed by atoms with Gasteiger partial charge in [0, 0.05) is 11.0 Å². The van der Waals surface area contributed by atoms with E-state index in [0.717, 1.165) is 16.1 Å². The fraction of sp³-hybridized carbons (Fsp3) is 0.0577. The molecular formula is C52H35NS. The van der Waals surface area contributed by atoms with Crippen molar-refractivity contribution in [1.82, 2.24) is 4.98 Å². The van der Waals surface area contributed by atoms with Crippen LogP contribution < -0.4 is 0 Å². The second-order valence-electron chi connectivity index (χ2n) is 15.1.